The lowest BCUT2D eigenvalue weighted by Crippen LogP contribution is -2.63. The molecule has 2 saturated heterocycles. The van der Waals surface area contributed by atoms with E-state index in [2.05, 4.69) is 10.6 Å². The van der Waals surface area contributed by atoms with Gasteiger partial charge in [0.1, 0.15) is 12.7 Å². The van der Waals surface area contributed by atoms with E-state index in [0.29, 0.717) is 26.3 Å². The van der Waals surface area contributed by atoms with Gasteiger partial charge in [-0.05, 0) is 0 Å². The molecule has 17 nitrogen and oxygen atoms in total. The standard InChI is InChI=1S/C21H28N4O13/c1-11(26)32-10-15-17(33-12(2)27)18(34-13(3)28)19(35-14(4)29)20(36-15)37-21(30)22-16-9-25(23-38-16)24-5-7-31-8-6-24/h9,15,17-20H,5-8,10H2,1-4H3/p+1/t15-,17-,18+,19-,20+/m1/s1. The summed E-state index contributed by atoms with van der Waals surface area (Å²) in [6.45, 7) is 5.97. The van der Waals surface area contributed by atoms with Gasteiger partial charge in [-0.15, -0.1) is 5.01 Å². The fraction of sp³-hybridized carbons (Fsp3) is 0.667. The van der Waals surface area contributed by atoms with Crippen LogP contribution in [0.15, 0.2) is 10.7 Å². The van der Waals surface area contributed by atoms with Gasteiger partial charge in [-0.25, -0.2) is 4.79 Å². The quantitative estimate of drug-likeness (QED) is 0.226. The van der Waals surface area contributed by atoms with Gasteiger partial charge in [-0.3, -0.25) is 29.0 Å². The number of esters is 4. The van der Waals surface area contributed by atoms with Crippen LogP contribution in [-0.4, -0.2) is 98.9 Å². The Morgan fingerprint density at radius 2 is 1.53 bits per heavy atom. The number of ether oxygens (including phenoxy) is 7. The van der Waals surface area contributed by atoms with Crippen molar-refractivity contribution in [1.29, 1.82) is 0 Å². The molecule has 0 bridgehead atoms. The molecule has 0 aliphatic carbocycles. The summed E-state index contributed by atoms with van der Waals surface area (Å²) in [5, 5.41) is 7.94. The Bertz CT molecular complexity index is 1020. The van der Waals surface area contributed by atoms with E-state index in [9.17, 15) is 24.0 Å². The monoisotopic (exact) mass is 545 g/mol. The molecule has 210 valence electrons. The summed E-state index contributed by atoms with van der Waals surface area (Å²) in [4.78, 5) is 61.0. The smallest absolute Gasteiger partial charge is 0.416 e. The number of carbonyl (C=O) groups is 5. The molecule has 1 aromatic rings. The maximum Gasteiger partial charge on any atom is 0.416 e. The summed E-state index contributed by atoms with van der Waals surface area (Å²) in [6.07, 6.45) is -7.12. The lowest BCUT2D eigenvalue weighted by molar-refractivity contribution is -0.759. The van der Waals surface area contributed by atoms with Crippen LogP contribution >= 0.6 is 0 Å². The van der Waals surface area contributed by atoms with E-state index in [4.69, 9.17) is 37.7 Å². The van der Waals surface area contributed by atoms with Crippen molar-refractivity contribution in [2.75, 3.05) is 43.2 Å². The van der Waals surface area contributed by atoms with E-state index in [1.807, 2.05) is 5.01 Å². The van der Waals surface area contributed by atoms with Crippen LogP contribution in [0.25, 0.3) is 0 Å². The molecule has 2 aliphatic rings. The van der Waals surface area contributed by atoms with Crippen LogP contribution in [0.5, 0.6) is 0 Å². The van der Waals surface area contributed by atoms with Gasteiger partial charge in [0.15, 0.2) is 12.2 Å². The minimum Gasteiger partial charge on any atom is -0.463 e. The summed E-state index contributed by atoms with van der Waals surface area (Å²) >= 11 is 0. The number of nitrogens with zero attached hydrogens (tertiary/aromatic N) is 3. The van der Waals surface area contributed by atoms with Gasteiger partial charge in [0.05, 0.1) is 31.1 Å². The first-order valence-electron chi connectivity index (χ1n) is 11.5. The fourth-order valence-corrected chi connectivity index (χ4v) is 3.70. The Morgan fingerprint density at radius 1 is 0.921 bits per heavy atom. The molecule has 2 aliphatic heterocycles. The molecule has 38 heavy (non-hydrogen) atoms. The number of hydrogen-bond donors (Lipinski definition) is 1. The molecule has 5 atom stereocenters. The van der Waals surface area contributed by atoms with Crippen molar-refractivity contribution in [2.45, 2.75) is 58.4 Å². The number of carbonyl (C=O) groups excluding carboxylic acids is 5. The predicted octanol–water partition coefficient (Wildman–Crippen LogP) is -1.44. The van der Waals surface area contributed by atoms with Gasteiger partial charge in [0.25, 0.3) is 6.20 Å². The SMILES string of the molecule is CC(=O)OC[C@H]1O[C@@H](OC(=O)Nc2c[n+](N3CCOCC3)no2)[C@H](OC(C)=O)[C@@H](OC(C)=O)[C@@H]1OC(C)=O. The highest BCUT2D eigenvalue weighted by molar-refractivity contribution is 5.82. The highest BCUT2D eigenvalue weighted by Gasteiger charge is 2.54. The Labute approximate surface area is 216 Å². The number of anilines is 1. The number of aromatic nitrogens is 2. The third-order valence-corrected chi connectivity index (χ3v) is 5.13. The van der Waals surface area contributed by atoms with E-state index < -0.39 is 67.3 Å². The Balaban J connectivity index is 1.80. The number of nitrogens with one attached hydrogen (secondary N) is 1. The first kappa shape index (κ1) is 28.6. The van der Waals surface area contributed by atoms with Crippen molar-refractivity contribution in [1.82, 2.24) is 5.27 Å². The Morgan fingerprint density at radius 3 is 2.13 bits per heavy atom. The van der Waals surface area contributed by atoms with Crippen molar-refractivity contribution in [3.63, 3.8) is 0 Å². The summed E-state index contributed by atoms with van der Waals surface area (Å²) in [6, 6.07) is 0. The minimum atomic E-state index is -1.69. The Hall–Kier alpha value is -3.99. The summed E-state index contributed by atoms with van der Waals surface area (Å²) in [5.41, 5.74) is 0. The molecule has 1 amide bonds. The number of amides is 1. The van der Waals surface area contributed by atoms with E-state index in [0.717, 1.165) is 27.7 Å². The molecular formula is C21H29N4O13+. The van der Waals surface area contributed by atoms with Crippen molar-refractivity contribution in [3.8, 4) is 0 Å². The zero-order valence-electron chi connectivity index (χ0n) is 21.1. The molecule has 17 heteroatoms. The van der Waals surface area contributed by atoms with Crippen molar-refractivity contribution >= 4 is 35.9 Å². The lowest BCUT2D eigenvalue weighted by Gasteiger charge is -2.43. The highest BCUT2D eigenvalue weighted by atomic mass is 16.8. The van der Waals surface area contributed by atoms with Crippen LogP contribution in [0.4, 0.5) is 10.7 Å². The van der Waals surface area contributed by atoms with Crippen LogP contribution in [-0.2, 0) is 52.3 Å². The summed E-state index contributed by atoms with van der Waals surface area (Å²) in [7, 11) is 0. The molecule has 0 spiro atoms. The van der Waals surface area contributed by atoms with E-state index in [1.54, 1.807) is 0 Å². The van der Waals surface area contributed by atoms with Crippen LogP contribution in [0.1, 0.15) is 27.7 Å². The second-order valence-corrected chi connectivity index (χ2v) is 8.15. The fourth-order valence-electron chi connectivity index (χ4n) is 3.70. The molecule has 0 unspecified atom stereocenters. The second-order valence-electron chi connectivity index (χ2n) is 8.15. The molecular weight excluding hydrogens is 516 g/mol. The number of rotatable bonds is 8. The van der Waals surface area contributed by atoms with Crippen molar-refractivity contribution < 1.29 is 66.4 Å². The van der Waals surface area contributed by atoms with Gasteiger partial charge in [0, 0.05) is 27.7 Å². The molecule has 3 rings (SSSR count). The van der Waals surface area contributed by atoms with Crippen molar-refractivity contribution in [2.24, 2.45) is 0 Å². The minimum absolute atomic E-state index is 0.0906. The average molecular weight is 545 g/mol. The van der Waals surface area contributed by atoms with Crippen molar-refractivity contribution in [3.05, 3.63) is 6.20 Å². The summed E-state index contributed by atoms with van der Waals surface area (Å²) < 4.78 is 42.1. The van der Waals surface area contributed by atoms with Gasteiger partial charge in [-0.1, -0.05) is 0 Å². The topological polar surface area (TPSA) is 195 Å². The molecule has 2 fully saturated rings. The van der Waals surface area contributed by atoms with E-state index in [-0.39, 0.29) is 5.88 Å². The van der Waals surface area contributed by atoms with Crippen LogP contribution in [0, 0.1) is 0 Å². The van der Waals surface area contributed by atoms with Gasteiger partial charge >= 0.3 is 35.9 Å². The number of hydrogen-bond acceptors (Lipinski definition) is 15. The average Bonchev–Trinajstić information content (AvgIpc) is 3.29. The molecule has 0 radical (unpaired) electrons. The van der Waals surface area contributed by atoms with Gasteiger partial charge in [0.2, 0.25) is 17.7 Å². The highest BCUT2D eigenvalue weighted by Crippen LogP contribution is 2.30. The number of morpholine rings is 1. The maximum absolute atomic E-state index is 12.7. The largest absolute Gasteiger partial charge is 0.463 e. The zero-order valence-corrected chi connectivity index (χ0v) is 21.1. The third kappa shape index (κ3) is 8.01. The van der Waals surface area contributed by atoms with Crippen LogP contribution in [0.3, 0.4) is 0 Å². The van der Waals surface area contributed by atoms with Gasteiger partial charge in [-0.2, -0.15) is 0 Å². The summed E-state index contributed by atoms with van der Waals surface area (Å²) in [5.74, 6) is -3.23. The normalized spacial score (nSPS) is 25.1. The van der Waals surface area contributed by atoms with Gasteiger partial charge < -0.3 is 33.2 Å². The molecule has 0 aromatic carbocycles. The first-order chi connectivity index (χ1) is 18.0. The van der Waals surface area contributed by atoms with Crippen LogP contribution in [0.2, 0.25) is 0 Å². The Kier molecular flexibility index (Phi) is 9.78. The first-order valence-corrected chi connectivity index (χ1v) is 11.5. The lowest BCUT2D eigenvalue weighted by atomic mass is 9.98. The zero-order chi connectivity index (χ0) is 27.8. The maximum atomic E-state index is 12.7. The molecule has 3 heterocycles. The van der Waals surface area contributed by atoms with E-state index in [1.165, 1.54) is 11.0 Å². The molecule has 1 aromatic heterocycles. The molecule has 1 N–H and O–H groups in total. The third-order valence-electron chi connectivity index (χ3n) is 5.13. The second kappa shape index (κ2) is 13.0. The van der Waals surface area contributed by atoms with E-state index >= 15 is 0 Å². The molecule has 0 saturated carbocycles. The predicted molar refractivity (Wildman–Crippen MR) is 118 cm³/mol. The van der Waals surface area contributed by atoms with Crippen LogP contribution < -0.4 is 15.1 Å².